The minimum Gasteiger partial charge on any atom is -0.594 e. The normalized spacial score (nSPS) is 14.8. The van der Waals surface area contributed by atoms with E-state index in [4.69, 9.17) is 0 Å². The molecule has 1 fully saturated rings. The van der Waals surface area contributed by atoms with Crippen LogP contribution in [-0.2, 0) is 0 Å². The maximum absolute atomic E-state index is 12.4. The van der Waals surface area contributed by atoms with Gasteiger partial charge in [-0.2, -0.15) is 0 Å². The second kappa shape index (κ2) is 7.56. The lowest BCUT2D eigenvalue weighted by Gasteiger charge is -2.31. The van der Waals surface area contributed by atoms with Gasteiger partial charge in [0.05, 0.1) is 11.3 Å². The summed E-state index contributed by atoms with van der Waals surface area (Å²) in [5.41, 5.74) is 1.23. The van der Waals surface area contributed by atoms with Gasteiger partial charge in [-0.15, -0.1) is 0 Å². The molecule has 1 aliphatic rings. The van der Waals surface area contributed by atoms with E-state index in [2.05, 4.69) is 42.6 Å². The molecular weight excluding hydrogens is 362 g/mol. The van der Waals surface area contributed by atoms with Crippen LogP contribution in [0.4, 0.5) is 22.2 Å². The summed E-state index contributed by atoms with van der Waals surface area (Å²) in [5.74, 6) is 0.733. The Hall–Kier alpha value is -3.60. The van der Waals surface area contributed by atoms with Gasteiger partial charge in [-0.25, -0.2) is 14.8 Å². The molecular formula is C17H19N9O2. The number of aromatic nitrogens is 5. The maximum atomic E-state index is 12.4. The van der Waals surface area contributed by atoms with Crippen molar-refractivity contribution in [1.82, 2.24) is 25.0 Å². The Bertz CT molecular complexity index is 991. The molecule has 3 heterocycles. The highest BCUT2D eigenvalue weighted by Crippen LogP contribution is 2.17. The number of amides is 2. The van der Waals surface area contributed by atoms with Crippen LogP contribution in [-0.4, -0.2) is 64.2 Å². The molecule has 11 heteroatoms. The van der Waals surface area contributed by atoms with Crippen LogP contribution in [0.5, 0.6) is 0 Å². The van der Waals surface area contributed by atoms with Gasteiger partial charge in [-0.05, 0) is 24.0 Å². The maximum Gasteiger partial charge on any atom is 0.324 e. The topological polar surface area (TPSA) is 126 Å². The predicted molar refractivity (Wildman–Crippen MR) is 103 cm³/mol. The van der Waals surface area contributed by atoms with Crippen LogP contribution in [0, 0.1) is 5.21 Å². The highest BCUT2D eigenvalue weighted by molar-refractivity contribution is 5.99. The Morgan fingerprint density at radius 2 is 2.00 bits per heavy atom. The van der Waals surface area contributed by atoms with E-state index in [0.717, 1.165) is 26.2 Å². The number of nitrogens with one attached hydrogen (secondary N) is 2. The number of carbonyl (C=O) groups excluding carboxylic acids is 1. The van der Waals surface area contributed by atoms with Gasteiger partial charge in [0.2, 0.25) is 0 Å². The van der Waals surface area contributed by atoms with Crippen molar-refractivity contribution in [2.45, 2.75) is 0 Å². The Morgan fingerprint density at radius 3 is 2.75 bits per heavy atom. The molecule has 3 aromatic rings. The van der Waals surface area contributed by atoms with Gasteiger partial charge < -0.3 is 20.3 Å². The highest BCUT2D eigenvalue weighted by Gasteiger charge is 2.21. The molecule has 2 amide bonds. The second-order valence-electron chi connectivity index (χ2n) is 6.45. The molecule has 2 N–H and O–H groups in total. The Labute approximate surface area is 160 Å². The van der Waals surface area contributed by atoms with E-state index in [1.165, 1.54) is 24.7 Å². The van der Waals surface area contributed by atoms with Gasteiger partial charge in [0, 0.05) is 50.3 Å². The third-order valence-corrected chi connectivity index (χ3v) is 4.43. The van der Waals surface area contributed by atoms with Crippen molar-refractivity contribution in [2.24, 2.45) is 0 Å². The molecule has 28 heavy (non-hydrogen) atoms. The molecule has 0 unspecified atom stereocenters. The Morgan fingerprint density at radius 1 is 1.18 bits per heavy atom. The van der Waals surface area contributed by atoms with E-state index in [1.54, 1.807) is 12.1 Å². The van der Waals surface area contributed by atoms with E-state index in [0.29, 0.717) is 27.8 Å². The number of rotatable bonds is 3. The first-order valence-corrected chi connectivity index (χ1v) is 8.78. The lowest BCUT2D eigenvalue weighted by molar-refractivity contribution is -0.641. The largest absolute Gasteiger partial charge is 0.594 e. The molecule has 2 aromatic heterocycles. The summed E-state index contributed by atoms with van der Waals surface area (Å²) in [6, 6.07) is 4.40. The van der Waals surface area contributed by atoms with E-state index < -0.39 is 6.03 Å². The molecule has 1 aliphatic heterocycles. The van der Waals surface area contributed by atoms with E-state index in [-0.39, 0.29) is 5.52 Å². The van der Waals surface area contributed by atoms with E-state index in [1.807, 2.05) is 4.90 Å². The smallest absolute Gasteiger partial charge is 0.324 e. The van der Waals surface area contributed by atoms with Gasteiger partial charge >= 0.3 is 6.03 Å². The molecule has 4 rings (SSSR count). The minimum atomic E-state index is -0.493. The zero-order chi connectivity index (χ0) is 19.5. The molecule has 0 aliphatic carbocycles. The van der Waals surface area contributed by atoms with Crippen LogP contribution >= 0.6 is 0 Å². The highest BCUT2D eigenvalue weighted by atomic mass is 16.5. The fourth-order valence-electron chi connectivity index (χ4n) is 2.90. The first-order chi connectivity index (χ1) is 13.6. The molecule has 0 atom stereocenters. The number of hydrogen-bond donors (Lipinski definition) is 2. The van der Waals surface area contributed by atoms with E-state index >= 15 is 0 Å². The molecule has 0 bridgehead atoms. The molecule has 11 nitrogen and oxygen atoms in total. The number of benzene rings is 1. The first kappa shape index (κ1) is 17.8. The van der Waals surface area contributed by atoms with Crippen LogP contribution in [0.2, 0.25) is 0 Å². The Balaban J connectivity index is 1.51. The van der Waals surface area contributed by atoms with Gasteiger partial charge in [-0.3, -0.25) is 10.3 Å². The summed E-state index contributed by atoms with van der Waals surface area (Å²) >= 11 is 0. The van der Waals surface area contributed by atoms with Gasteiger partial charge in [0.15, 0.2) is 5.82 Å². The SMILES string of the molecule is CN1CCN(c2nc3ccc(NC(=O)Nc4cnccn4)cc3[n+]([O-])n2)CC1. The average molecular weight is 381 g/mol. The monoisotopic (exact) mass is 381 g/mol. The fraction of sp³-hybridized carbons (Fsp3) is 0.294. The predicted octanol–water partition coefficient (Wildman–Crippen LogP) is 0.449. The number of anilines is 3. The summed E-state index contributed by atoms with van der Waals surface area (Å²) in [4.78, 5) is 29.2. The van der Waals surface area contributed by atoms with Crippen molar-refractivity contribution < 1.29 is 9.64 Å². The molecule has 144 valence electrons. The second-order valence-corrected chi connectivity index (χ2v) is 6.45. The first-order valence-electron chi connectivity index (χ1n) is 8.78. The third-order valence-electron chi connectivity index (χ3n) is 4.43. The number of likely N-dealkylation sites (N-methyl/N-ethyl adjacent to an activating group) is 1. The van der Waals surface area contributed by atoms with Crippen molar-refractivity contribution in [1.29, 1.82) is 0 Å². The molecule has 0 spiro atoms. The Kier molecular flexibility index (Phi) is 4.81. The fourth-order valence-corrected chi connectivity index (χ4v) is 2.90. The average Bonchev–Trinajstić information content (AvgIpc) is 2.69. The zero-order valence-electron chi connectivity index (χ0n) is 15.2. The molecule has 1 aromatic carbocycles. The molecule has 0 saturated carbocycles. The number of fused-ring (bicyclic) bond motifs is 1. The van der Waals surface area contributed by atoms with Gasteiger partial charge in [0.25, 0.3) is 11.5 Å². The van der Waals surface area contributed by atoms with E-state index in [9.17, 15) is 10.0 Å². The van der Waals surface area contributed by atoms with Crippen molar-refractivity contribution in [3.8, 4) is 0 Å². The summed E-state index contributed by atoms with van der Waals surface area (Å²) in [6.45, 7) is 3.32. The lowest BCUT2D eigenvalue weighted by Crippen LogP contribution is -2.47. The van der Waals surface area contributed by atoms with Crippen LogP contribution in [0.3, 0.4) is 0 Å². The van der Waals surface area contributed by atoms with Gasteiger partial charge in [0.1, 0.15) is 5.52 Å². The quantitative estimate of drug-likeness (QED) is 0.495. The van der Waals surface area contributed by atoms with Crippen molar-refractivity contribution >= 4 is 34.5 Å². The van der Waals surface area contributed by atoms with Crippen LogP contribution in [0.1, 0.15) is 0 Å². The third kappa shape index (κ3) is 3.88. The number of piperazine rings is 1. The molecule has 1 saturated heterocycles. The minimum absolute atomic E-state index is 0.273. The lowest BCUT2D eigenvalue weighted by atomic mass is 10.2. The standard InChI is InChI=1S/C17H19N9O2/c1-24-6-8-25(9-7-24)16-21-13-3-2-12(10-14(13)26(28)23-16)20-17(27)22-15-11-18-4-5-19-15/h2-5,10-11H,6-9H2,1H3,(H2,19,20,22,27). The number of urea groups is 1. The van der Waals surface area contributed by atoms with Gasteiger partial charge in [-0.1, -0.05) is 0 Å². The summed E-state index contributed by atoms with van der Waals surface area (Å²) < 4.78 is 0. The van der Waals surface area contributed by atoms with Crippen molar-refractivity contribution in [2.75, 3.05) is 48.8 Å². The number of nitrogens with zero attached hydrogens (tertiary/aromatic N) is 7. The number of hydrogen-bond acceptors (Lipinski definition) is 8. The summed E-state index contributed by atoms with van der Waals surface area (Å²) in [5, 5.41) is 21.7. The summed E-state index contributed by atoms with van der Waals surface area (Å²) in [6.07, 6.45) is 4.41. The molecule has 0 radical (unpaired) electrons. The number of carbonyl (C=O) groups is 1. The summed E-state index contributed by atoms with van der Waals surface area (Å²) in [7, 11) is 2.06. The van der Waals surface area contributed by atoms with Crippen LogP contribution in [0.15, 0.2) is 36.8 Å². The van der Waals surface area contributed by atoms with Crippen LogP contribution in [0.25, 0.3) is 11.0 Å². The zero-order valence-corrected chi connectivity index (χ0v) is 15.2. The van der Waals surface area contributed by atoms with Crippen molar-refractivity contribution in [3.63, 3.8) is 0 Å². The van der Waals surface area contributed by atoms with Crippen LogP contribution < -0.4 is 20.4 Å². The van der Waals surface area contributed by atoms with Crippen molar-refractivity contribution in [3.05, 3.63) is 42.0 Å².